The molecule has 26 heavy (non-hydrogen) atoms. The first-order chi connectivity index (χ1) is 12.6. The van der Waals surface area contributed by atoms with Crippen LogP contribution < -0.4 is 10.6 Å². The first-order valence-electron chi connectivity index (χ1n) is 9.56. The summed E-state index contributed by atoms with van der Waals surface area (Å²) in [5.74, 6) is 1.20. The van der Waals surface area contributed by atoms with Crippen molar-refractivity contribution in [1.82, 2.24) is 15.3 Å². The Balaban J connectivity index is 1.65. The summed E-state index contributed by atoms with van der Waals surface area (Å²) in [6.45, 7) is 4.37. The van der Waals surface area contributed by atoms with Gasteiger partial charge >= 0.3 is 0 Å². The van der Waals surface area contributed by atoms with Crippen molar-refractivity contribution < 1.29 is 4.79 Å². The maximum Gasteiger partial charge on any atom is 0.270 e. The van der Waals surface area contributed by atoms with Gasteiger partial charge in [0.25, 0.3) is 5.91 Å². The van der Waals surface area contributed by atoms with Gasteiger partial charge in [-0.1, -0.05) is 55.5 Å². The van der Waals surface area contributed by atoms with E-state index in [-0.39, 0.29) is 5.91 Å². The molecule has 2 aromatic rings. The fourth-order valence-electron chi connectivity index (χ4n) is 3.49. The number of anilines is 1. The number of nitrogens with zero attached hydrogens (tertiary/aromatic N) is 2. The molecular weight excluding hydrogens is 324 g/mol. The number of aromatic nitrogens is 2. The standard InChI is InChI=1S/C21H28N4O/c1-15-8-7-9-17(12-15)14-22-21(26)19-13-20(24-16(2)23-19)25-18-10-5-3-4-6-11-18/h7-9,12-13,18H,3-6,10-11,14H2,1-2H3,(H,22,26)(H,23,24,25). The maximum absolute atomic E-state index is 12.5. The smallest absolute Gasteiger partial charge is 0.270 e. The second-order valence-corrected chi connectivity index (χ2v) is 7.19. The normalized spacial score (nSPS) is 15.3. The molecule has 2 N–H and O–H groups in total. The molecule has 1 aliphatic rings. The summed E-state index contributed by atoms with van der Waals surface area (Å²) in [4.78, 5) is 21.3. The number of hydrogen-bond acceptors (Lipinski definition) is 4. The third-order valence-electron chi connectivity index (χ3n) is 4.81. The number of aryl methyl sites for hydroxylation is 2. The lowest BCUT2D eigenvalue weighted by Gasteiger charge is -2.17. The largest absolute Gasteiger partial charge is 0.367 e. The minimum Gasteiger partial charge on any atom is -0.367 e. The maximum atomic E-state index is 12.5. The van der Waals surface area contributed by atoms with Crippen LogP contribution in [-0.2, 0) is 6.54 Å². The van der Waals surface area contributed by atoms with Gasteiger partial charge in [0.1, 0.15) is 17.3 Å². The molecule has 0 unspecified atom stereocenters. The molecule has 5 nitrogen and oxygen atoms in total. The van der Waals surface area contributed by atoms with Crippen LogP contribution in [0.2, 0.25) is 0 Å². The summed E-state index contributed by atoms with van der Waals surface area (Å²) in [5.41, 5.74) is 2.69. The van der Waals surface area contributed by atoms with Crippen LogP contribution in [0.15, 0.2) is 30.3 Å². The Morgan fingerprint density at radius 1 is 1.08 bits per heavy atom. The second-order valence-electron chi connectivity index (χ2n) is 7.19. The van der Waals surface area contributed by atoms with Crippen LogP contribution in [-0.4, -0.2) is 21.9 Å². The molecule has 5 heteroatoms. The number of rotatable bonds is 5. The Kier molecular flexibility index (Phi) is 6.21. The lowest BCUT2D eigenvalue weighted by Crippen LogP contribution is -2.25. The molecule has 0 aliphatic heterocycles. The van der Waals surface area contributed by atoms with E-state index in [0.29, 0.717) is 24.1 Å². The Labute approximate surface area is 155 Å². The van der Waals surface area contributed by atoms with E-state index in [1.807, 2.05) is 32.0 Å². The molecule has 1 fully saturated rings. The van der Waals surface area contributed by atoms with Crippen molar-refractivity contribution in [3.05, 3.63) is 53.0 Å². The van der Waals surface area contributed by atoms with Crippen molar-refractivity contribution >= 4 is 11.7 Å². The lowest BCUT2D eigenvalue weighted by molar-refractivity contribution is 0.0945. The van der Waals surface area contributed by atoms with Crippen molar-refractivity contribution in [2.24, 2.45) is 0 Å². The van der Waals surface area contributed by atoms with Crippen LogP contribution in [0.3, 0.4) is 0 Å². The molecule has 0 radical (unpaired) electrons. The molecule has 0 bridgehead atoms. The molecule has 1 heterocycles. The fraction of sp³-hybridized carbons (Fsp3) is 0.476. The van der Waals surface area contributed by atoms with Gasteiger partial charge < -0.3 is 10.6 Å². The van der Waals surface area contributed by atoms with Crippen molar-refractivity contribution in [3.63, 3.8) is 0 Å². The van der Waals surface area contributed by atoms with E-state index < -0.39 is 0 Å². The molecule has 1 aromatic heterocycles. The quantitative estimate of drug-likeness (QED) is 0.793. The van der Waals surface area contributed by atoms with Gasteiger partial charge in [-0.2, -0.15) is 0 Å². The fourth-order valence-corrected chi connectivity index (χ4v) is 3.49. The van der Waals surface area contributed by atoms with Gasteiger partial charge in [-0.3, -0.25) is 4.79 Å². The summed E-state index contributed by atoms with van der Waals surface area (Å²) < 4.78 is 0. The third-order valence-corrected chi connectivity index (χ3v) is 4.81. The van der Waals surface area contributed by atoms with Crippen molar-refractivity contribution in [2.45, 2.75) is 65.0 Å². The molecule has 0 saturated heterocycles. The highest BCUT2D eigenvalue weighted by Gasteiger charge is 2.15. The molecule has 1 amide bonds. The molecule has 0 spiro atoms. The Bertz CT molecular complexity index is 751. The molecule has 1 aliphatic carbocycles. The summed E-state index contributed by atoms with van der Waals surface area (Å²) >= 11 is 0. The zero-order valence-corrected chi connectivity index (χ0v) is 15.7. The number of benzene rings is 1. The van der Waals surface area contributed by atoms with Crippen LogP contribution >= 0.6 is 0 Å². The summed E-state index contributed by atoms with van der Waals surface area (Å²) in [6.07, 6.45) is 7.47. The van der Waals surface area contributed by atoms with Crippen LogP contribution in [0.5, 0.6) is 0 Å². The van der Waals surface area contributed by atoms with Crippen molar-refractivity contribution in [1.29, 1.82) is 0 Å². The van der Waals surface area contributed by atoms with E-state index in [9.17, 15) is 4.79 Å². The number of nitrogens with one attached hydrogen (secondary N) is 2. The number of amides is 1. The van der Waals surface area contributed by atoms with E-state index in [4.69, 9.17) is 0 Å². The van der Waals surface area contributed by atoms with Crippen LogP contribution in [0.4, 0.5) is 5.82 Å². The highest BCUT2D eigenvalue weighted by Crippen LogP contribution is 2.20. The van der Waals surface area contributed by atoms with E-state index in [2.05, 4.69) is 26.7 Å². The summed E-state index contributed by atoms with van der Waals surface area (Å²) in [6, 6.07) is 10.3. The van der Waals surface area contributed by atoms with Gasteiger partial charge in [0, 0.05) is 18.7 Å². The molecule has 3 rings (SSSR count). The Hall–Kier alpha value is -2.43. The van der Waals surface area contributed by atoms with Crippen LogP contribution in [0, 0.1) is 13.8 Å². The Morgan fingerprint density at radius 2 is 1.85 bits per heavy atom. The predicted octanol–water partition coefficient (Wildman–Crippen LogP) is 4.16. The van der Waals surface area contributed by atoms with Crippen molar-refractivity contribution in [3.8, 4) is 0 Å². The van der Waals surface area contributed by atoms with Crippen molar-refractivity contribution in [2.75, 3.05) is 5.32 Å². The molecule has 138 valence electrons. The topological polar surface area (TPSA) is 66.9 Å². The van der Waals surface area contributed by atoms with Gasteiger partial charge in [-0.15, -0.1) is 0 Å². The summed E-state index contributed by atoms with van der Waals surface area (Å²) in [5, 5.41) is 6.46. The van der Waals surface area contributed by atoms with Crippen LogP contribution in [0.1, 0.15) is 66.0 Å². The number of carbonyl (C=O) groups excluding carboxylic acids is 1. The highest BCUT2D eigenvalue weighted by molar-refractivity contribution is 5.92. The van der Waals surface area contributed by atoms with E-state index >= 15 is 0 Å². The van der Waals surface area contributed by atoms with Gasteiger partial charge in [0.2, 0.25) is 0 Å². The Morgan fingerprint density at radius 3 is 2.58 bits per heavy atom. The monoisotopic (exact) mass is 352 g/mol. The number of carbonyl (C=O) groups is 1. The molecule has 1 aromatic carbocycles. The van der Waals surface area contributed by atoms with E-state index in [1.165, 1.54) is 31.2 Å². The molecule has 0 atom stereocenters. The van der Waals surface area contributed by atoms with Gasteiger partial charge in [-0.25, -0.2) is 9.97 Å². The zero-order chi connectivity index (χ0) is 18.4. The minimum atomic E-state index is -0.166. The molecule has 1 saturated carbocycles. The zero-order valence-electron chi connectivity index (χ0n) is 15.7. The predicted molar refractivity (Wildman–Crippen MR) is 104 cm³/mol. The number of hydrogen-bond donors (Lipinski definition) is 2. The SMILES string of the molecule is Cc1cccc(CNC(=O)c2cc(NC3CCCCCC3)nc(C)n2)c1. The second kappa shape index (κ2) is 8.79. The minimum absolute atomic E-state index is 0.166. The summed E-state index contributed by atoms with van der Waals surface area (Å²) in [7, 11) is 0. The first-order valence-corrected chi connectivity index (χ1v) is 9.56. The average Bonchev–Trinajstić information content (AvgIpc) is 2.88. The van der Waals surface area contributed by atoms with Gasteiger partial charge in [-0.05, 0) is 32.3 Å². The molecular formula is C21H28N4O. The van der Waals surface area contributed by atoms with E-state index in [1.54, 1.807) is 6.07 Å². The highest BCUT2D eigenvalue weighted by atomic mass is 16.1. The van der Waals surface area contributed by atoms with Gasteiger partial charge in [0.05, 0.1) is 0 Å². The van der Waals surface area contributed by atoms with E-state index in [0.717, 1.165) is 24.2 Å². The van der Waals surface area contributed by atoms with Crippen LogP contribution in [0.25, 0.3) is 0 Å². The first kappa shape index (κ1) is 18.4. The average molecular weight is 352 g/mol. The third kappa shape index (κ3) is 5.28. The lowest BCUT2D eigenvalue weighted by atomic mass is 10.1. The van der Waals surface area contributed by atoms with Gasteiger partial charge in [0.15, 0.2) is 0 Å².